The average molecular weight is 424 g/mol. The monoisotopic (exact) mass is 423 g/mol. The third kappa shape index (κ3) is 4.38. The summed E-state index contributed by atoms with van der Waals surface area (Å²) in [5.41, 5.74) is 0.429. The van der Waals surface area contributed by atoms with E-state index in [1.165, 1.54) is 32.1 Å². The van der Waals surface area contributed by atoms with Crippen molar-refractivity contribution in [1.29, 1.82) is 0 Å². The summed E-state index contributed by atoms with van der Waals surface area (Å²) in [6, 6.07) is 9.04. The molecule has 152 valence electrons. The Bertz CT molecular complexity index is 927. The lowest BCUT2D eigenvalue weighted by atomic mass is 10.2. The Morgan fingerprint density at radius 3 is 2.79 bits per heavy atom. The summed E-state index contributed by atoms with van der Waals surface area (Å²) in [4.78, 5) is 16.1. The van der Waals surface area contributed by atoms with Gasteiger partial charge in [-0.2, -0.15) is 0 Å². The van der Waals surface area contributed by atoms with Gasteiger partial charge in [0, 0.05) is 30.7 Å². The molecule has 1 fully saturated rings. The van der Waals surface area contributed by atoms with E-state index in [1.54, 1.807) is 23.5 Å². The quantitative estimate of drug-likeness (QED) is 0.741. The van der Waals surface area contributed by atoms with Crippen LogP contribution in [0.1, 0.15) is 23.8 Å². The molecular weight excluding hydrogens is 398 g/mol. The molecule has 1 saturated heterocycles. The zero-order valence-electron chi connectivity index (χ0n) is 16.2. The largest absolute Gasteiger partial charge is 0.495 e. The summed E-state index contributed by atoms with van der Waals surface area (Å²) in [6.45, 7) is 1.14. The number of nitrogens with one attached hydrogen (secondary N) is 1. The van der Waals surface area contributed by atoms with Crippen LogP contribution in [-0.4, -0.2) is 57.8 Å². The number of anilines is 1. The number of nitrogens with zero attached hydrogens (tertiary/aromatic N) is 2. The van der Waals surface area contributed by atoms with Crippen LogP contribution in [0.2, 0.25) is 0 Å². The molecule has 3 rings (SSSR count). The lowest BCUT2D eigenvalue weighted by Crippen LogP contribution is -2.32. The van der Waals surface area contributed by atoms with Crippen LogP contribution in [0.4, 0.5) is 5.69 Å². The Kier molecular flexibility index (Phi) is 6.39. The van der Waals surface area contributed by atoms with E-state index < -0.39 is 10.0 Å². The van der Waals surface area contributed by atoms with Crippen LogP contribution >= 0.6 is 11.3 Å². The smallest absolute Gasteiger partial charge is 0.246 e. The van der Waals surface area contributed by atoms with E-state index in [-0.39, 0.29) is 29.1 Å². The van der Waals surface area contributed by atoms with Gasteiger partial charge in [0.15, 0.2) is 0 Å². The average Bonchev–Trinajstić information content (AvgIpc) is 3.32. The van der Waals surface area contributed by atoms with E-state index in [2.05, 4.69) is 21.7 Å². The fourth-order valence-corrected chi connectivity index (χ4v) is 5.33. The minimum absolute atomic E-state index is 0.0236. The van der Waals surface area contributed by atoms with Crippen LogP contribution in [0.15, 0.2) is 40.6 Å². The number of carbonyl (C=O) groups excluding carboxylic acids is 1. The summed E-state index contributed by atoms with van der Waals surface area (Å²) >= 11 is 1.71. The summed E-state index contributed by atoms with van der Waals surface area (Å²) in [5.74, 6) is 0.0748. The summed E-state index contributed by atoms with van der Waals surface area (Å²) in [5, 5.41) is 4.87. The number of rotatable bonds is 7. The number of hydrogen-bond donors (Lipinski definition) is 1. The lowest BCUT2D eigenvalue weighted by molar-refractivity contribution is -0.117. The molecule has 1 aromatic heterocycles. The first-order valence-corrected chi connectivity index (χ1v) is 11.3. The van der Waals surface area contributed by atoms with Crippen LogP contribution in [0, 0.1) is 0 Å². The molecule has 1 aliphatic heterocycles. The molecule has 1 amide bonds. The molecule has 0 aliphatic carbocycles. The maximum atomic E-state index is 12.6. The summed E-state index contributed by atoms with van der Waals surface area (Å²) in [7, 11) is 0.639. The van der Waals surface area contributed by atoms with E-state index in [4.69, 9.17) is 4.74 Å². The third-order valence-electron chi connectivity index (χ3n) is 4.79. The number of likely N-dealkylation sites (tertiary alicyclic amines) is 1. The van der Waals surface area contributed by atoms with Crippen LogP contribution in [0.25, 0.3) is 0 Å². The van der Waals surface area contributed by atoms with Crippen LogP contribution in [-0.2, 0) is 14.8 Å². The number of ether oxygens (including phenoxy) is 1. The van der Waals surface area contributed by atoms with Crippen molar-refractivity contribution in [1.82, 2.24) is 9.21 Å². The predicted molar refractivity (Wildman–Crippen MR) is 110 cm³/mol. The molecule has 1 N–H and O–H groups in total. The van der Waals surface area contributed by atoms with Crippen molar-refractivity contribution in [3.8, 4) is 5.75 Å². The van der Waals surface area contributed by atoms with Gasteiger partial charge in [0.2, 0.25) is 15.9 Å². The van der Waals surface area contributed by atoms with Gasteiger partial charge in [-0.25, -0.2) is 12.7 Å². The number of carbonyl (C=O) groups is 1. The molecule has 2 heterocycles. The van der Waals surface area contributed by atoms with Gasteiger partial charge in [0.05, 0.1) is 13.7 Å². The zero-order chi connectivity index (χ0) is 20.3. The van der Waals surface area contributed by atoms with Crippen molar-refractivity contribution >= 4 is 33.0 Å². The van der Waals surface area contributed by atoms with E-state index in [0.717, 1.165) is 23.7 Å². The number of benzene rings is 1. The second-order valence-electron chi connectivity index (χ2n) is 6.85. The highest BCUT2D eigenvalue weighted by Crippen LogP contribution is 2.34. The maximum absolute atomic E-state index is 12.6. The van der Waals surface area contributed by atoms with Crippen molar-refractivity contribution in [3.63, 3.8) is 0 Å². The molecule has 0 spiro atoms. The number of thiophene rings is 1. The maximum Gasteiger partial charge on any atom is 0.246 e. The summed E-state index contributed by atoms with van der Waals surface area (Å²) < 4.78 is 31.4. The van der Waals surface area contributed by atoms with E-state index in [0.29, 0.717) is 5.69 Å². The lowest BCUT2D eigenvalue weighted by Gasteiger charge is -2.23. The third-order valence-corrected chi connectivity index (χ3v) is 7.60. The SMILES string of the molecule is COc1ccc(NC(=O)CN2CCC[C@@H]2c2cccs2)cc1S(=O)(=O)N(C)C. The second kappa shape index (κ2) is 8.60. The van der Waals surface area contributed by atoms with Gasteiger partial charge in [-0.15, -0.1) is 11.3 Å². The van der Waals surface area contributed by atoms with Crippen molar-refractivity contribution in [2.24, 2.45) is 0 Å². The summed E-state index contributed by atoms with van der Waals surface area (Å²) in [6.07, 6.45) is 2.10. The zero-order valence-corrected chi connectivity index (χ0v) is 17.8. The fourth-order valence-electron chi connectivity index (χ4n) is 3.36. The Morgan fingerprint density at radius 1 is 1.36 bits per heavy atom. The second-order valence-corrected chi connectivity index (χ2v) is 9.94. The standard InChI is InChI=1S/C19H25N3O4S2/c1-21(2)28(24,25)18-12-14(8-9-16(18)26-3)20-19(23)13-22-10-4-6-15(22)17-7-5-11-27-17/h5,7-9,11-12,15H,4,6,10,13H2,1-3H3,(H,20,23)/t15-/m1/s1. The van der Waals surface area contributed by atoms with Crippen molar-refractivity contribution in [2.45, 2.75) is 23.8 Å². The van der Waals surface area contributed by atoms with E-state index in [1.807, 2.05) is 6.07 Å². The highest BCUT2D eigenvalue weighted by molar-refractivity contribution is 7.89. The van der Waals surface area contributed by atoms with E-state index >= 15 is 0 Å². The fraction of sp³-hybridized carbons (Fsp3) is 0.421. The molecule has 1 aliphatic rings. The molecule has 1 atom stereocenters. The van der Waals surface area contributed by atoms with Crippen LogP contribution in [0.3, 0.4) is 0 Å². The van der Waals surface area contributed by atoms with Gasteiger partial charge in [-0.3, -0.25) is 9.69 Å². The van der Waals surface area contributed by atoms with E-state index in [9.17, 15) is 13.2 Å². The van der Waals surface area contributed by atoms with Crippen LogP contribution in [0.5, 0.6) is 5.75 Å². The van der Waals surface area contributed by atoms with Gasteiger partial charge in [-0.1, -0.05) is 6.07 Å². The normalized spacial score (nSPS) is 17.8. The van der Waals surface area contributed by atoms with Gasteiger partial charge in [-0.05, 0) is 49.0 Å². The minimum Gasteiger partial charge on any atom is -0.495 e. The number of sulfonamides is 1. The first-order valence-electron chi connectivity index (χ1n) is 9.01. The Labute approximate surface area is 170 Å². The molecule has 2 aromatic rings. The molecule has 0 bridgehead atoms. The number of amides is 1. The minimum atomic E-state index is -3.69. The number of hydrogen-bond acceptors (Lipinski definition) is 6. The first kappa shape index (κ1) is 20.8. The van der Waals surface area contributed by atoms with Gasteiger partial charge >= 0.3 is 0 Å². The Morgan fingerprint density at radius 2 is 2.14 bits per heavy atom. The number of methoxy groups -OCH3 is 1. The molecule has 0 radical (unpaired) electrons. The Balaban J connectivity index is 1.74. The molecule has 28 heavy (non-hydrogen) atoms. The first-order chi connectivity index (χ1) is 13.3. The van der Waals surface area contributed by atoms with Gasteiger partial charge in [0.1, 0.15) is 10.6 Å². The van der Waals surface area contributed by atoms with Gasteiger partial charge < -0.3 is 10.1 Å². The molecule has 1 aromatic carbocycles. The van der Waals surface area contributed by atoms with Crippen molar-refractivity contribution < 1.29 is 17.9 Å². The highest BCUT2D eigenvalue weighted by atomic mass is 32.2. The topological polar surface area (TPSA) is 79.0 Å². The molecular formula is C19H25N3O4S2. The molecule has 9 heteroatoms. The Hall–Kier alpha value is -1.94. The predicted octanol–water partition coefficient (Wildman–Crippen LogP) is 2.78. The van der Waals surface area contributed by atoms with Gasteiger partial charge in [0.25, 0.3) is 0 Å². The molecule has 0 unspecified atom stereocenters. The van der Waals surface area contributed by atoms with Crippen molar-refractivity contribution in [2.75, 3.05) is 39.6 Å². The van der Waals surface area contributed by atoms with Crippen molar-refractivity contribution in [3.05, 3.63) is 40.6 Å². The highest BCUT2D eigenvalue weighted by Gasteiger charge is 2.28. The molecule has 7 nitrogen and oxygen atoms in total. The van der Waals surface area contributed by atoms with Crippen LogP contribution < -0.4 is 10.1 Å². The molecule has 0 saturated carbocycles.